The first kappa shape index (κ1) is 22.5. The van der Waals surface area contributed by atoms with Crippen molar-refractivity contribution in [1.29, 1.82) is 5.26 Å². The van der Waals surface area contributed by atoms with Gasteiger partial charge in [-0.2, -0.15) is 10.4 Å². The smallest absolute Gasteiger partial charge is 0.164 e. The Kier molecular flexibility index (Phi) is 6.12. The number of halogens is 1. The molecule has 0 amide bonds. The molecule has 0 aromatic carbocycles. The summed E-state index contributed by atoms with van der Waals surface area (Å²) in [5, 5.41) is 24.5. The number of allylic oxidation sites excluding steroid dienone is 3. The van der Waals surface area contributed by atoms with Gasteiger partial charge in [-0.3, -0.25) is 4.90 Å². The van der Waals surface area contributed by atoms with Crippen LogP contribution < -0.4 is 5.73 Å². The lowest BCUT2D eigenvalue weighted by atomic mass is 9.78. The van der Waals surface area contributed by atoms with Gasteiger partial charge in [-0.1, -0.05) is 0 Å². The Morgan fingerprint density at radius 2 is 2.09 bits per heavy atom. The van der Waals surface area contributed by atoms with Crippen LogP contribution in [0.5, 0.6) is 0 Å². The molecule has 9 nitrogen and oxygen atoms in total. The van der Waals surface area contributed by atoms with Gasteiger partial charge in [0.2, 0.25) is 0 Å². The first-order valence-corrected chi connectivity index (χ1v) is 11.1. The number of likely N-dealkylation sites (tertiary alicyclic amines) is 1. The number of β-amino-alcohol motifs (C(OH)–C–C–N with tert-alkyl or cyclic N) is 1. The van der Waals surface area contributed by atoms with Crippen molar-refractivity contribution in [2.75, 3.05) is 32.5 Å². The first-order valence-electron chi connectivity index (χ1n) is 10.7. The minimum atomic E-state index is -0.445. The second kappa shape index (κ2) is 8.70. The highest BCUT2D eigenvalue weighted by Gasteiger charge is 2.40. The number of ether oxygens (including phenoxy) is 1. The standard InChI is InChI=1S/C22H28ClN7O2/c1-11(31)7-29-8-14(9-29)19-16(6-24)17(23)5-15(20(19)32-4)13(3)30-22-18(12(2)28-30)21(25)26-10-27-22/h10-11,13-14,17,31H,5,7-9H2,1-4H3,(H2,25,26,27)/t11-,13-,17?/m1/s1. The Labute approximate surface area is 192 Å². The summed E-state index contributed by atoms with van der Waals surface area (Å²) in [7, 11) is 1.63. The van der Waals surface area contributed by atoms with E-state index in [1.165, 1.54) is 6.33 Å². The number of nitrogens with two attached hydrogens (primary N) is 1. The number of hydrogen-bond acceptors (Lipinski definition) is 8. The predicted molar refractivity (Wildman–Crippen MR) is 122 cm³/mol. The summed E-state index contributed by atoms with van der Waals surface area (Å²) in [5.74, 6) is 1.22. The molecule has 0 saturated carbocycles. The fourth-order valence-corrected chi connectivity index (χ4v) is 5.18. The maximum Gasteiger partial charge on any atom is 0.164 e. The Hall–Kier alpha value is -2.67. The van der Waals surface area contributed by atoms with E-state index in [-0.39, 0.29) is 12.0 Å². The molecule has 1 aliphatic heterocycles. The van der Waals surface area contributed by atoms with Crippen LogP contribution in [0, 0.1) is 24.2 Å². The molecule has 3 atom stereocenters. The van der Waals surface area contributed by atoms with Crippen LogP contribution >= 0.6 is 11.6 Å². The number of nitrogen functional groups attached to an aromatic ring is 1. The zero-order valence-corrected chi connectivity index (χ0v) is 19.5. The molecule has 10 heteroatoms. The van der Waals surface area contributed by atoms with Crippen molar-refractivity contribution in [2.24, 2.45) is 5.92 Å². The topological polar surface area (TPSA) is 126 Å². The molecule has 1 unspecified atom stereocenters. The van der Waals surface area contributed by atoms with Crippen LogP contribution in [-0.4, -0.2) is 68.0 Å². The Morgan fingerprint density at radius 3 is 2.72 bits per heavy atom. The summed E-state index contributed by atoms with van der Waals surface area (Å²) in [6, 6.07) is 2.11. The van der Waals surface area contributed by atoms with E-state index < -0.39 is 11.5 Å². The Bertz CT molecular complexity index is 1140. The molecule has 1 aliphatic carbocycles. The average Bonchev–Trinajstić information content (AvgIpc) is 3.06. The molecule has 0 bridgehead atoms. The molecule has 4 rings (SSSR count). The molecule has 1 saturated heterocycles. The van der Waals surface area contributed by atoms with Gasteiger partial charge in [0, 0.05) is 31.1 Å². The van der Waals surface area contributed by atoms with Crippen molar-refractivity contribution in [2.45, 2.75) is 44.7 Å². The van der Waals surface area contributed by atoms with Crippen LogP contribution in [0.15, 0.2) is 28.8 Å². The van der Waals surface area contributed by atoms with Crippen molar-refractivity contribution in [1.82, 2.24) is 24.6 Å². The number of aliphatic hydroxyl groups excluding tert-OH is 1. The number of anilines is 1. The molecule has 2 aromatic heterocycles. The summed E-state index contributed by atoms with van der Waals surface area (Å²) in [4.78, 5) is 10.7. The molecular formula is C22H28ClN7O2. The highest BCUT2D eigenvalue weighted by atomic mass is 35.5. The lowest BCUT2D eigenvalue weighted by molar-refractivity contribution is 0.0580. The summed E-state index contributed by atoms with van der Waals surface area (Å²) < 4.78 is 7.73. The molecule has 32 heavy (non-hydrogen) atoms. The third-order valence-electron chi connectivity index (χ3n) is 6.32. The highest BCUT2D eigenvalue weighted by Crippen LogP contribution is 2.44. The molecule has 0 spiro atoms. The van der Waals surface area contributed by atoms with Gasteiger partial charge in [-0.15, -0.1) is 11.6 Å². The van der Waals surface area contributed by atoms with E-state index in [1.807, 2.05) is 18.5 Å². The van der Waals surface area contributed by atoms with E-state index in [1.54, 1.807) is 14.0 Å². The van der Waals surface area contributed by atoms with Crippen LogP contribution in [0.4, 0.5) is 5.82 Å². The van der Waals surface area contributed by atoms with Crippen LogP contribution in [-0.2, 0) is 4.74 Å². The summed E-state index contributed by atoms with van der Waals surface area (Å²) in [6.45, 7) is 7.78. The molecule has 3 N–H and O–H groups in total. The molecule has 3 heterocycles. The van der Waals surface area contributed by atoms with Crippen molar-refractivity contribution in [3.63, 3.8) is 0 Å². The molecule has 2 aromatic rings. The normalized spacial score (nSPS) is 22.1. The maximum absolute atomic E-state index is 9.87. The summed E-state index contributed by atoms with van der Waals surface area (Å²) in [6.07, 6.45) is 1.51. The van der Waals surface area contributed by atoms with E-state index in [0.717, 1.165) is 35.3 Å². The average molecular weight is 458 g/mol. The zero-order valence-electron chi connectivity index (χ0n) is 18.7. The van der Waals surface area contributed by atoms with Crippen molar-refractivity contribution >= 4 is 28.5 Å². The lowest BCUT2D eigenvalue weighted by Crippen LogP contribution is -2.51. The minimum Gasteiger partial charge on any atom is -0.496 e. The second-order valence-corrected chi connectivity index (χ2v) is 9.12. The highest BCUT2D eigenvalue weighted by molar-refractivity contribution is 6.23. The van der Waals surface area contributed by atoms with Gasteiger partial charge >= 0.3 is 0 Å². The van der Waals surface area contributed by atoms with E-state index >= 15 is 0 Å². The number of aromatic nitrogens is 4. The molecule has 0 radical (unpaired) electrons. The van der Waals surface area contributed by atoms with Crippen molar-refractivity contribution in [3.05, 3.63) is 34.5 Å². The lowest BCUT2D eigenvalue weighted by Gasteiger charge is -2.43. The minimum absolute atomic E-state index is 0.121. The van der Waals surface area contributed by atoms with Crippen molar-refractivity contribution in [3.8, 4) is 6.07 Å². The molecular weight excluding hydrogens is 430 g/mol. The zero-order chi connectivity index (χ0) is 23.2. The number of aryl methyl sites for hydroxylation is 1. The number of rotatable bonds is 6. The van der Waals surface area contributed by atoms with E-state index in [2.05, 4.69) is 20.9 Å². The Balaban J connectivity index is 1.76. The second-order valence-electron chi connectivity index (χ2n) is 8.60. The van der Waals surface area contributed by atoms with Gasteiger partial charge in [0.25, 0.3) is 0 Å². The van der Waals surface area contributed by atoms with Crippen molar-refractivity contribution < 1.29 is 9.84 Å². The van der Waals surface area contributed by atoms with E-state index in [4.69, 9.17) is 27.2 Å². The third-order valence-corrected chi connectivity index (χ3v) is 6.69. The maximum atomic E-state index is 9.87. The molecule has 1 fully saturated rings. The van der Waals surface area contributed by atoms with E-state index in [0.29, 0.717) is 35.8 Å². The van der Waals surface area contributed by atoms with Gasteiger partial charge in [-0.25, -0.2) is 14.6 Å². The number of nitriles is 1. The van der Waals surface area contributed by atoms with Gasteiger partial charge in [0.05, 0.1) is 47.4 Å². The number of hydrogen-bond donors (Lipinski definition) is 2. The number of fused-ring (bicyclic) bond motifs is 1. The SMILES string of the molecule is COC1=C([C@@H](C)n2nc(C)c3c(N)ncnc32)CC(Cl)C(C#N)=C1C1CN(C[C@@H](C)O)C1. The monoisotopic (exact) mass is 457 g/mol. The fourth-order valence-electron chi connectivity index (χ4n) is 4.85. The van der Waals surface area contributed by atoms with Gasteiger partial charge < -0.3 is 15.6 Å². The van der Waals surface area contributed by atoms with Crippen LogP contribution in [0.25, 0.3) is 11.0 Å². The quantitative estimate of drug-likeness (QED) is 0.633. The fraction of sp³-hybridized carbons (Fsp3) is 0.545. The molecule has 170 valence electrons. The number of methoxy groups -OCH3 is 1. The van der Waals surface area contributed by atoms with E-state index in [9.17, 15) is 10.4 Å². The van der Waals surface area contributed by atoms with Gasteiger partial charge in [0.1, 0.15) is 17.9 Å². The van der Waals surface area contributed by atoms with Crippen LogP contribution in [0.3, 0.4) is 0 Å². The van der Waals surface area contributed by atoms with Gasteiger partial charge in [0.15, 0.2) is 5.65 Å². The van der Waals surface area contributed by atoms with Gasteiger partial charge in [-0.05, 0) is 32.8 Å². The Morgan fingerprint density at radius 1 is 1.38 bits per heavy atom. The molecule has 2 aliphatic rings. The first-order chi connectivity index (χ1) is 15.3. The predicted octanol–water partition coefficient (Wildman–Crippen LogP) is 2.32. The number of nitrogens with zero attached hydrogens (tertiary/aromatic N) is 6. The van der Waals surface area contributed by atoms with Crippen LogP contribution in [0.1, 0.15) is 32.0 Å². The summed E-state index contributed by atoms with van der Waals surface area (Å²) >= 11 is 6.72. The third kappa shape index (κ3) is 3.72. The number of aliphatic hydroxyl groups is 1. The largest absolute Gasteiger partial charge is 0.496 e. The van der Waals surface area contributed by atoms with Crippen LogP contribution in [0.2, 0.25) is 0 Å². The summed E-state index contributed by atoms with van der Waals surface area (Å²) in [5.41, 5.74) is 9.88. The number of alkyl halides is 1.